The highest BCUT2D eigenvalue weighted by Crippen LogP contribution is 2.30. The molecule has 0 saturated carbocycles. The van der Waals surface area contributed by atoms with E-state index in [9.17, 15) is 13.2 Å². The van der Waals surface area contributed by atoms with E-state index in [1.807, 2.05) is 0 Å². The highest BCUT2D eigenvalue weighted by Gasteiger charge is 2.30. The van der Waals surface area contributed by atoms with Gasteiger partial charge in [0.05, 0.1) is 5.56 Å². The minimum atomic E-state index is -4.26. The summed E-state index contributed by atoms with van der Waals surface area (Å²) in [4.78, 5) is 0. The third kappa shape index (κ3) is 5.23. The first-order valence-electron chi connectivity index (χ1n) is 6.75. The van der Waals surface area contributed by atoms with Crippen LogP contribution in [0.15, 0.2) is 24.3 Å². The molecule has 0 fully saturated rings. The molecule has 0 heterocycles. The Hall–Kier alpha value is -1.03. The van der Waals surface area contributed by atoms with Gasteiger partial charge in [-0.3, -0.25) is 0 Å². The molecule has 0 amide bonds. The average Bonchev–Trinajstić information content (AvgIpc) is 2.33. The zero-order valence-electron chi connectivity index (χ0n) is 11.7. The molecular weight excluding hydrogens is 251 g/mol. The van der Waals surface area contributed by atoms with Gasteiger partial charge in [0.2, 0.25) is 0 Å². The lowest BCUT2D eigenvalue weighted by molar-refractivity contribution is -0.137. The molecule has 1 atom stereocenters. The number of nitrogens with one attached hydrogen (secondary N) is 1. The molecule has 0 spiro atoms. The van der Waals surface area contributed by atoms with Gasteiger partial charge in [0, 0.05) is 6.04 Å². The van der Waals surface area contributed by atoms with Gasteiger partial charge in [0.1, 0.15) is 0 Å². The summed E-state index contributed by atoms with van der Waals surface area (Å²) in [6.07, 6.45) is -2.33. The minimum Gasteiger partial charge on any atom is -0.310 e. The molecular formula is C15H22F3N. The number of benzene rings is 1. The maximum Gasteiger partial charge on any atom is 0.416 e. The highest BCUT2D eigenvalue weighted by atomic mass is 19.4. The number of hydrogen-bond acceptors (Lipinski definition) is 1. The molecule has 1 rings (SSSR count). The normalized spacial score (nSPS) is 13.8. The van der Waals surface area contributed by atoms with Crippen LogP contribution in [0.5, 0.6) is 0 Å². The first kappa shape index (κ1) is 16.0. The Morgan fingerprint density at radius 1 is 1.11 bits per heavy atom. The zero-order chi connectivity index (χ0) is 14.5. The van der Waals surface area contributed by atoms with Crippen LogP contribution in [-0.2, 0) is 6.18 Å². The SMILES string of the molecule is CCCNC(CC(C)C)c1ccc(C(F)(F)F)cc1. The van der Waals surface area contributed by atoms with Crippen molar-refractivity contribution in [2.75, 3.05) is 6.54 Å². The van der Waals surface area contributed by atoms with Crippen LogP contribution in [0.2, 0.25) is 0 Å². The van der Waals surface area contributed by atoms with E-state index in [2.05, 4.69) is 26.1 Å². The van der Waals surface area contributed by atoms with Crippen LogP contribution < -0.4 is 5.32 Å². The Kier molecular flexibility index (Phi) is 5.85. The lowest BCUT2D eigenvalue weighted by Gasteiger charge is -2.21. The fourth-order valence-electron chi connectivity index (χ4n) is 2.03. The molecule has 0 aliphatic rings. The van der Waals surface area contributed by atoms with E-state index in [4.69, 9.17) is 0 Å². The van der Waals surface area contributed by atoms with E-state index >= 15 is 0 Å². The summed E-state index contributed by atoms with van der Waals surface area (Å²) in [5, 5.41) is 3.39. The third-order valence-corrected chi connectivity index (χ3v) is 2.99. The van der Waals surface area contributed by atoms with E-state index in [-0.39, 0.29) is 6.04 Å². The molecule has 1 unspecified atom stereocenters. The van der Waals surface area contributed by atoms with Crippen LogP contribution in [0.4, 0.5) is 13.2 Å². The van der Waals surface area contributed by atoms with Crippen molar-refractivity contribution in [3.8, 4) is 0 Å². The molecule has 1 aromatic carbocycles. The van der Waals surface area contributed by atoms with Gasteiger partial charge in [-0.05, 0) is 43.0 Å². The molecule has 0 aliphatic carbocycles. The van der Waals surface area contributed by atoms with Gasteiger partial charge in [-0.25, -0.2) is 0 Å². The van der Waals surface area contributed by atoms with Crippen molar-refractivity contribution >= 4 is 0 Å². The maximum atomic E-state index is 12.5. The fraction of sp³-hybridized carbons (Fsp3) is 0.600. The smallest absolute Gasteiger partial charge is 0.310 e. The number of halogens is 3. The Bertz CT molecular complexity index is 368. The number of rotatable bonds is 6. The number of hydrogen-bond donors (Lipinski definition) is 1. The van der Waals surface area contributed by atoms with E-state index in [1.165, 1.54) is 0 Å². The molecule has 1 aromatic rings. The molecule has 1 N–H and O–H groups in total. The van der Waals surface area contributed by atoms with Crippen molar-refractivity contribution in [3.05, 3.63) is 35.4 Å². The lowest BCUT2D eigenvalue weighted by Crippen LogP contribution is -2.23. The fourth-order valence-corrected chi connectivity index (χ4v) is 2.03. The predicted octanol–water partition coefficient (Wildman–Crippen LogP) is 4.79. The van der Waals surface area contributed by atoms with E-state index in [0.29, 0.717) is 5.92 Å². The maximum absolute atomic E-state index is 12.5. The molecule has 4 heteroatoms. The van der Waals surface area contributed by atoms with Crippen molar-refractivity contribution in [1.82, 2.24) is 5.32 Å². The van der Waals surface area contributed by atoms with Crippen LogP contribution in [0.3, 0.4) is 0 Å². The summed E-state index contributed by atoms with van der Waals surface area (Å²) < 4.78 is 37.6. The molecule has 0 bridgehead atoms. The largest absolute Gasteiger partial charge is 0.416 e. The Balaban J connectivity index is 2.84. The van der Waals surface area contributed by atoms with Gasteiger partial charge in [-0.15, -0.1) is 0 Å². The first-order chi connectivity index (χ1) is 8.84. The van der Waals surface area contributed by atoms with Gasteiger partial charge in [0.25, 0.3) is 0 Å². The second-order valence-electron chi connectivity index (χ2n) is 5.26. The van der Waals surface area contributed by atoms with Crippen LogP contribution >= 0.6 is 0 Å². The van der Waals surface area contributed by atoms with Gasteiger partial charge in [-0.1, -0.05) is 32.9 Å². The van der Waals surface area contributed by atoms with E-state index in [0.717, 1.165) is 37.1 Å². The summed E-state index contributed by atoms with van der Waals surface area (Å²) in [5.41, 5.74) is 0.338. The summed E-state index contributed by atoms with van der Waals surface area (Å²) in [7, 11) is 0. The van der Waals surface area contributed by atoms with Crippen molar-refractivity contribution in [2.24, 2.45) is 5.92 Å². The molecule has 108 valence electrons. The second kappa shape index (κ2) is 6.94. The summed E-state index contributed by atoms with van der Waals surface area (Å²) in [6, 6.07) is 5.62. The molecule has 0 saturated heterocycles. The van der Waals surface area contributed by atoms with Gasteiger partial charge < -0.3 is 5.32 Å². The lowest BCUT2D eigenvalue weighted by atomic mass is 9.96. The van der Waals surface area contributed by atoms with E-state index < -0.39 is 11.7 Å². The summed E-state index contributed by atoms with van der Waals surface area (Å²) in [5.74, 6) is 0.497. The minimum absolute atomic E-state index is 0.127. The van der Waals surface area contributed by atoms with Crippen molar-refractivity contribution in [3.63, 3.8) is 0 Å². The predicted molar refractivity (Wildman–Crippen MR) is 71.9 cm³/mol. The van der Waals surface area contributed by atoms with Gasteiger partial charge in [-0.2, -0.15) is 13.2 Å². The standard InChI is InChI=1S/C15H22F3N/c1-4-9-19-14(10-11(2)3)12-5-7-13(8-6-12)15(16,17)18/h5-8,11,14,19H,4,9-10H2,1-3H3. The first-order valence-corrected chi connectivity index (χ1v) is 6.75. The van der Waals surface area contributed by atoms with Crippen LogP contribution in [0.1, 0.15) is 50.8 Å². The summed E-state index contributed by atoms with van der Waals surface area (Å²) in [6.45, 7) is 7.18. The van der Waals surface area contributed by atoms with Crippen LogP contribution in [-0.4, -0.2) is 6.54 Å². The van der Waals surface area contributed by atoms with Gasteiger partial charge >= 0.3 is 6.18 Å². The summed E-state index contributed by atoms with van der Waals surface area (Å²) >= 11 is 0. The second-order valence-corrected chi connectivity index (χ2v) is 5.26. The quantitative estimate of drug-likeness (QED) is 0.785. The third-order valence-electron chi connectivity index (χ3n) is 2.99. The Morgan fingerprint density at radius 2 is 1.68 bits per heavy atom. The van der Waals surface area contributed by atoms with Crippen molar-refractivity contribution in [2.45, 2.75) is 45.8 Å². The molecule has 1 nitrogen and oxygen atoms in total. The van der Waals surface area contributed by atoms with E-state index in [1.54, 1.807) is 12.1 Å². The van der Waals surface area contributed by atoms with Crippen LogP contribution in [0, 0.1) is 5.92 Å². The van der Waals surface area contributed by atoms with Crippen molar-refractivity contribution in [1.29, 1.82) is 0 Å². The highest BCUT2D eigenvalue weighted by molar-refractivity contribution is 5.26. The van der Waals surface area contributed by atoms with Crippen molar-refractivity contribution < 1.29 is 13.2 Å². The molecule has 19 heavy (non-hydrogen) atoms. The molecule has 0 aromatic heterocycles. The van der Waals surface area contributed by atoms with Crippen LogP contribution in [0.25, 0.3) is 0 Å². The molecule has 0 aliphatic heterocycles. The zero-order valence-corrected chi connectivity index (χ0v) is 11.7. The monoisotopic (exact) mass is 273 g/mol. The molecule has 0 radical (unpaired) electrons. The van der Waals surface area contributed by atoms with Gasteiger partial charge in [0.15, 0.2) is 0 Å². The Morgan fingerprint density at radius 3 is 2.11 bits per heavy atom. The number of alkyl halides is 3. The Labute approximate surface area is 113 Å². The topological polar surface area (TPSA) is 12.0 Å². The average molecular weight is 273 g/mol.